The molecule has 0 fully saturated rings. The van der Waals surface area contributed by atoms with Gasteiger partial charge >= 0.3 is 5.97 Å². The number of carboxylic acid groups (broad SMARTS) is 1. The molecule has 0 amide bonds. The van der Waals surface area contributed by atoms with Crippen LogP contribution in [0.15, 0.2) is 0 Å². The van der Waals surface area contributed by atoms with E-state index < -0.39 is 12.1 Å². The van der Waals surface area contributed by atoms with Crippen LogP contribution < -0.4 is 0 Å². The normalized spacial score (nSPS) is 12.6. The Morgan fingerprint density at radius 2 is 1.94 bits per heavy atom. The van der Waals surface area contributed by atoms with Crippen molar-refractivity contribution < 1.29 is 24.1 Å². The highest BCUT2D eigenvalue weighted by molar-refractivity contribution is 5.72. The summed E-state index contributed by atoms with van der Waals surface area (Å²) in [5, 5.41) is 8.85. The molecule has 0 aliphatic rings. The molecule has 0 rings (SSSR count). The molecule has 16 heavy (non-hydrogen) atoms. The third-order valence-electron chi connectivity index (χ3n) is 2.07. The fourth-order valence-corrected chi connectivity index (χ4v) is 1.16. The van der Waals surface area contributed by atoms with E-state index in [1.54, 1.807) is 7.11 Å². The van der Waals surface area contributed by atoms with E-state index in [9.17, 15) is 4.79 Å². The van der Waals surface area contributed by atoms with Gasteiger partial charge in [-0.05, 0) is 6.42 Å². The van der Waals surface area contributed by atoms with Gasteiger partial charge in [-0.3, -0.25) is 0 Å². The van der Waals surface area contributed by atoms with Gasteiger partial charge in [0, 0.05) is 7.11 Å². The fraction of sp³-hybridized carbons (Fsp3) is 0.909. The quantitative estimate of drug-likeness (QED) is 0.546. The van der Waals surface area contributed by atoms with Crippen molar-refractivity contribution in [2.75, 3.05) is 33.5 Å². The molecule has 1 atom stereocenters. The van der Waals surface area contributed by atoms with Gasteiger partial charge in [0.05, 0.1) is 26.4 Å². The molecule has 0 bridgehead atoms. The first-order chi connectivity index (χ1) is 7.72. The lowest BCUT2D eigenvalue weighted by Crippen LogP contribution is -2.25. The summed E-state index contributed by atoms with van der Waals surface area (Å²) in [6, 6.07) is 0. The molecular formula is C11H22O5. The van der Waals surface area contributed by atoms with E-state index in [1.807, 2.05) is 6.92 Å². The summed E-state index contributed by atoms with van der Waals surface area (Å²) in [5.41, 5.74) is 0. The third kappa shape index (κ3) is 8.64. The molecule has 0 saturated heterocycles. The van der Waals surface area contributed by atoms with Crippen LogP contribution in [-0.2, 0) is 19.0 Å². The molecule has 1 N–H and O–H groups in total. The van der Waals surface area contributed by atoms with Gasteiger partial charge in [-0.2, -0.15) is 0 Å². The van der Waals surface area contributed by atoms with Crippen molar-refractivity contribution in [3.8, 4) is 0 Å². The maximum Gasteiger partial charge on any atom is 0.332 e. The Hall–Kier alpha value is -0.650. The first-order valence-corrected chi connectivity index (χ1v) is 5.63. The lowest BCUT2D eigenvalue weighted by molar-refractivity contribution is -0.152. The van der Waals surface area contributed by atoms with Crippen LogP contribution in [-0.4, -0.2) is 50.7 Å². The number of hydrogen-bond donors (Lipinski definition) is 1. The number of methoxy groups -OCH3 is 1. The topological polar surface area (TPSA) is 65.0 Å². The summed E-state index contributed by atoms with van der Waals surface area (Å²) < 4.78 is 15.2. The fourth-order valence-electron chi connectivity index (χ4n) is 1.16. The second kappa shape index (κ2) is 10.9. The molecule has 0 radical (unpaired) electrons. The van der Waals surface area contributed by atoms with Gasteiger partial charge in [-0.15, -0.1) is 0 Å². The molecule has 0 spiro atoms. The lowest BCUT2D eigenvalue weighted by atomic mass is 10.1. The predicted molar refractivity (Wildman–Crippen MR) is 59.6 cm³/mol. The van der Waals surface area contributed by atoms with E-state index in [0.717, 1.165) is 12.8 Å². The van der Waals surface area contributed by atoms with Crippen molar-refractivity contribution in [3.05, 3.63) is 0 Å². The van der Waals surface area contributed by atoms with E-state index >= 15 is 0 Å². The van der Waals surface area contributed by atoms with E-state index in [4.69, 9.17) is 19.3 Å². The Balaban J connectivity index is 3.48. The first kappa shape index (κ1) is 15.3. The Morgan fingerprint density at radius 3 is 2.50 bits per heavy atom. The van der Waals surface area contributed by atoms with Gasteiger partial charge in [-0.25, -0.2) is 4.79 Å². The van der Waals surface area contributed by atoms with Crippen LogP contribution >= 0.6 is 0 Å². The number of carbonyl (C=O) groups is 1. The Labute approximate surface area is 96.7 Å². The van der Waals surface area contributed by atoms with Crippen LogP contribution in [0.25, 0.3) is 0 Å². The standard InChI is InChI=1S/C11H22O5/c1-3-4-5-10(11(12)13)16-9-8-15-7-6-14-2/h10H,3-9H2,1-2H3,(H,12,13). The van der Waals surface area contributed by atoms with Crippen molar-refractivity contribution in [1.29, 1.82) is 0 Å². The SMILES string of the molecule is CCCCC(OCCOCCOC)C(=O)O. The van der Waals surface area contributed by atoms with Gasteiger partial charge in [0.25, 0.3) is 0 Å². The smallest absolute Gasteiger partial charge is 0.332 e. The zero-order chi connectivity index (χ0) is 12.2. The molecule has 96 valence electrons. The monoisotopic (exact) mass is 234 g/mol. The van der Waals surface area contributed by atoms with Crippen molar-refractivity contribution in [3.63, 3.8) is 0 Å². The predicted octanol–water partition coefficient (Wildman–Crippen LogP) is 1.31. The molecule has 0 aliphatic heterocycles. The molecule has 0 heterocycles. The number of rotatable bonds is 11. The average molecular weight is 234 g/mol. The summed E-state index contributed by atoms with van der Waals surface area (Å²) in [5.74, 6) is -0.898. The Bertz CT molecular complexity index is 172. The van der Waals surface area contributed by atoms with E-state index in [2.05, 4.69) is 0 Å². The van der Waals surface area contributed by atoms with Crippen LogP contribution in [0, 0.1) is 0 Å². The summed E-state index contributed by atoms with van der Waals surface area (Å²) >= 11 is 0. The zero-order valence-corrected chi connectivity index (χ0v) is 10.1. The van der Waals surface area contributed by atoms with Crippen molar-refractivity contribution >= 4 is 5.97 Å². The highest BCUT2D eigenvalue weighted by Crippen LogP contribution is 2.05. The summed E-state index contributed by atoms with van der Waals surface area (Å²) in [7, 11) is 1.60. The first-order valence-electron chi connectivity index (χ1n) is 5.63. The summed E-state index contributed by atoms with van der Waals surface area (Å²) in [6.45, 7) is 3.78. The zero-order valence-electron chi connectivity index (χ0n) is 10.1. The molecule has 0 saturated carbocycles. The minimum Gasteiger partial charge on any atom is -0.479 e. The molecular weight excluding hydrogens is 212 g/mol. The van der Waals surface area contributed by atoms with Crippen LogP contribution in [0.4, 0.5) is 0 Å². The largest absolute Gasteiger partial charge is 0.479 e. The van der Waals surface area contributed by atoms with Crippen LogP contribution in [0.5, 0.6) is 0 Å². The van der Waals surface area contributed by atoms with E-state index in [1.165, 1.54) is 0 Å². The number of unbranched alkanes of at least 4 members (excludes halogenated alkanes) is 1. The average Bonchev–Trinajstić information content (AvgIpc) is 2.26. The molecule has 1 unspecified atom stereocenters. The second-order valence-corrected chi connectivity index (χ2v) is 3.45. The Kier molecular flexibility index (Phi) is 10.4. The summed E-state index contributed by atoms with van der Waals surface area (Å²) in [4.78, 5) is 10.8. The molecule has 0 aliphatic carbocycles. The molecule has 0 aromatic rings. The Morgan fingerprint density at radius 1 is 1.25 bits per heavy atom. The number of hydrogen-bond acceptors (Lipinski definition) is 4. The van der Waals surface area contributed by atoms with Crippen LogP contribution in [0.3, 0.4) is 0 Å². The van der Waals surface area contributed by atoms with Gasteiger partial charge in [0.1, 0.15) is 0 Å². The molecule has 5 heteroatoms. The van der Waals surface area contributed by atoms with Gasteiger partial charge in [0.15, 0.2) is 6.10 Å². The second-order valence-electron chi connectivity index (χ2n) is 3.45. The van der Waals surface area contributed by atoms with E-state index in [0.29, 0.717) is 32.8 Å². The van der Waals surface area contributed by atoms with Gasteiger partial charge < -0.3 is 19.3 Å². The maximum atomic E-state index is 10.8. The van der Waals surface area contributed by atoms with Crippen molar-refractivity contribution in [2.45, 2.75) is 32.3 Å². The third-order valence-corrected chi connectivity index (χ3v) is 2.07. The highest BCUT2D eigenvalue weighted by atomic mass is 16.6. The lowest BCUT2D eigenvalue weighted by Gasteiger charge is -2.13. The highest BCUT2D eigenvalue weighted by Gasteiger charge is 2.16. The van der Waals surface area contributed by atoms with Crippen molar-refractivity contribution in [2.24, 2.45) is 0 Å². The minimum atomic E-state index is -0.898. The number of ether oxygens (including phenoxy) is 3. The van der Waals surface area contributed by atoms with Gasteiger partial charge in [-0.1, -0.05) is 19.8 Å². The summed E-state index contributed by atoms with van der Waals surface area (Å²) in [6.07, 6.45) is 1.69. The number of aliphatic carboxylic acids is 1. The molecule has 5 nitrogen and oxygen atoms in total. The molecule has 0 aromatic carbocycles. The van der Waals surface area contributed by atoms with Crippen LogP contribution in [0.1, 0.15) is 26.2 Å². The maximum absolute atomic E-state index is 10.8. The van der Waals surface area contributed by atoms with Crippen LogP contribution in [0.2, 0.25) is 0 Å². The number of carboxylic acids is 1. The van der Waals surface area contributed by atoms with Gasteiger partial charge in [0.2, 0.25) is 0 Å². The minimum absolute atomic E-state index is 0.310. The van der Waals surface area contributed by atoms with E-state index in [-0.39, 0.29) is 0 Å². The van der Waals surface area contributed by atoms with Crippen molar-refractivity contribution in [1.82, 2.24) is 0 Å². The molecule has 0 aromatic heterocycles.